The first-order chi connectivity index (χ1) is 12.6. The SMILES string of the molecule is CCNC(=NCc1ccc(F)c(C)c1)NCCCN1CCCCCC1=O. The number of guanidine groups is 1. The molecule has 0 radical (unpaired) electrons. The summed E-state index contributed by atoms with van der Waals surface area (Å²) in [6.07, 6.45) is 4.87. The largest absolute Gasteiger partial charge is 0.357 e. The molecule has 5 nitrogen and oxygen atoms in total. The van der Waals surface area contributed by atoms with E-state index >= 15 is 0 Å². The Bertz CT molecular complexity index is 618. The van der Waals surface area contributed by atoms with Crippen LogP contribution in [0.4, 0.5) is 4.39 Å². The van der Waals surface area contributed by atoms with Gasteiger partial charge in [0.1, 0.15) is 5.82 Å². The third kappa shape index (κ3) is 6.65. The molecule has 1 heterocycles. The lowest BCUT2D eigenvalue weighted by molar-refractivity contribution is -0.130. The van der Waals surface area contributed by atoms with Gasteiger partial charge in [-0.25, -0.2) is 9.38 Å². The lowest BCUT2D eigenvalue weighted by Gasteiger charge is -2.20. The average Bonchev–Trinajstić information content (AvgIpc) is 2.83. The second-order valence-corrected chi connectivity index (χ2v) is 6.75. The number of nitrogens with one attached hydrogen (secondary N) is 2. The van der Waals surface area contributed by atoms with Gasteiger partial charge in [0.2, 0.25) is 5.91 Å². The van der Waals surface area contributed by atoms with E-state index in [1.165, 1.54) is 6.07 Å². The number of likely N-dealkylation sites (tertiary alicyclic amines) is 1. The first kappa shape index (κ1) is 20.2. The van der Waals surface area contributed by atoms with Crippen molar-refractivity contribution >= 4 is 11.9 Å². The fourth-order valence-corrected chi connectivity index (χ4v) is 3.07. The summed E-state index contributed by atoms with van der Waals surface area (Å²) in [5.41, 5.74) is 1.62. The molecule has 0 bridgehead atoms. The number of benzene rings is 1. The Balaban J connectivity index is 1.79. The number of amides is 1. The molecule has 1 aromatic rings. The highest BCUT2D eigenvalue weighted by atomic mass is 19.1. The van der Waals surface area contributed by atoms with Crippen molar-refractivity contribution in [3.63, 3.8) is 0 Å². The lowest BCUT2D eigenvalue weighted by atomic mass is 10.1. The minimum Gasteiger partial charge on any atom is -0.357 e. The van der Waals surface area contributed by atoms with E-state index in [4.69, 9.17) is 0 Å². The predicted molar refractivity (Wildman–Crippen MR) is 104 cm³/mol. The highest BCUT2D eigenvalue weighted by Gasteiger charge is 2.15. The number of halogens is 1. The van der Waals surface area contributed by atoms with E-state index in [2.05, 4.69) is 15.6 Å². The van der Waals surface area contributed by atoms with E-state index in [-0.39, 0.29) is 11.7 Å². The van der Waals surface area contributed by atoms with Crippen LogP contribution in [-0.2, 0) is 11.3 Å². The Labute approximate surface area is 156 Å². The van der Waals surface area contributed by atoms with Gasteiger partial charge in [-0.15, -0.1) is 0 Å². The van der Waals surface area contributed by atoms with Gasteiger partial charge in [0.25, 0.3) is 0 Å². The molecule has 26 heavy (non-hydrogen) atoms. The molecule has 1 fully saturated rings. The zero-order valence-corrected chi connectivity index (χ0v) is 16.0. The number of hydrogen-bond acceptors (Lipinski definition) is 2. The summed E-state index contributed by atoms with van der Waals surface area (Å²) in [6.45, 7) is 7.50. The van der Waals surface area contributed by atoms with Crippen molar-refractivity contribution in [3.8, 4) is 0 Å². The number of aliphatic imine (C=N–C) groups is 1. The molecule has 0 atom stereocenters. The summed E-state index contributed by atoms with van der Waals surface area (Å²) in [5.74, 6) is 0.845. The molecule has 1 aromatic carbocycles. The molecule has 1 saturated heterocycles. The summed E-state index contributed by atoms with van der Waals surface area (Å²) in [6, 6.07) is 5.08. The topological polar surface area (TPSA) is 56.7 Å². The van der Waals surface area contributed by atoms with Crippen molar-refractivity contribution in [1.29, 1.82) is 0 Å². The summed E-state index contributed by atoms with van der Waals surface area (Å²) < 4.78 is 13.3. The Kier molecular flexibility index (Phi) is 8.38. The summed E-state index contributed by atoms with van der Waals surface area (Å²) in [4.78, 5) is 18.5. The van der Waals surface area contributed by atoms with Crippen LogP contribution >= 0.6 is 0 Å². The van der Waals surface area contributed by atoms with Crippen molar-refractivity contribution in [3.05, 3.63) is 35.1 Å². The van der Waals surface area contributed by atoms with E-state index in [0.29, 0.717) is 18.5 Å². The van der Waals surface area contributed by atoms with Crippen LogP contribution in [-0.4, -0.2) is 42.9 Å². The number of carbonyl (C=O) groups excluding carboxylic acids is 1. The van der Waals surface area contributed by atoms with E-state index in [0.717, 1.165) is 63.4 Å². The number of nitrogens with zero attached hydrogens (tertiary/aromatic N) is 2. The third-order valence-corrected chi connectivity index (χ3v) is 4.55. The average molecular weight is 362 g/mol. The van der Waals surface area contributed by atoms with Gasteiger partial charge in [0.15, 0.2) is 5.96 Å². The molecular weight excluding hydrogens is 331 g/mol. The predicted octanol–water partition coefficient (Wildman–Crippen LogP) is 2.98. The van der Waals surface area contributed by atoms with Gasteiger partial charge < -0.3 is 15.5 Å². The molecule has 1 aliphatic rings. The van der Waals surface area contributed by atoms with Gasteiger partial charge in [-0.05, 0) is 50.3 Å². The quantitative estimate of drug-likeness (QED) is 0.445. The molecule has 0 unspecified atom stereocenters. The smallest absolute Gasteiger partial charge is 0.222 e. The molecular formula is C20H31FN4O. The molecule has 0 spiro atoms. The minimum absolute atomic E-state index is 0.189. The highest BCUT2D eigenvalue weighted by molar-refractivity contribution is 5.79. The van der Waals surface area contributed by atoms with Crippen LogP contribution in [0.3, 0.4) is 0 Å². The number of aryl methyl sites for hydroxylation is 1. The molecule has 144 valence electrons. The van der Waals surface area contributed by atoms with Gasteiger partial charge >= 0.3 is 0 Å². The van der Waals surface area contributed by atoms with Crippen LogP contribution in [0, 0.1) is 12.7 Å². The van der Waals surface area contributed by atoms with E-state index in [1.807, 2.05) is 17.9 Å². The summed E-state index contributed by atoms with van der Waals surface area (Å²) in [7, 11) is 0. The molecule has 1 amide bonds. The van der Waals surface area contributed by atoms with Crippen LogP contribution in [0.2, 0.25) is 0 Å². The van der Waals surface area contributed by atoms with Gasteiger partial charge in [-0.1, -0.05) is 18.6 Å². The Morgan fingerprint density at radius 1 is 1.27 bits per heavy atom. The maximum atomic E-state index is 13.3. The van der Waals surface area contributed by atoms with E-state index in [1.54, 1.807) is 13.0 Å². The van der Waals surface area contributed by atoms with Crippen LogP contribution in [0.1, 0.15) is 50.2 Å². The van der Waals surface area contributed by atoms with Crippen LogP contribution in [0.25, 0.3) is 0 Å². The zero-order chi connectivity index (χ0) is 18.8. The standard InChI is InChI=1S/C20H31FN4O/c1-3-22-20(24-15-17-9-10-18(21)16(2)14-17)23-11-7-13-25-12-6-4-5-8-19(25)26/h9-10,14H,3-8,11-13,15H2,1-2H3,(H2,22,23,24). The normalized spacial score (nSPS) is 15.7. The van der Waals surface area contributed by atoms with E-state index < -0.39 is 0 Å². The number of hydrogen-bond donors (Lipinski definition) is 2. The molecule has 1 aliphatic heterocycles. The fourth-order valence-electron chi connectivity index (χ4n) is 3.07. The molecule has 0 aromatic heterocycles. The molecule has 2 rings (SSSR count). The molecule has 0 saturated carbocycles. The Morgan fingerprint density at radius 2 is 2.12 bits per heavy atom. The van der Waals surface area contributed by atoms with Crippen LogP contribution in [0.15, 0.2) is 23.2 Å². The molecule has 2 N–H and O–H groups in total. The van der Waals surface area contributed by atoms with Gasteiger partial charge in [0, 0.05) is 32.6 Å². The van der Waals surface area contributed by atoms with Crippen LogP contribution < -0.4 is 10.6 Å². The third-order valence-electron chi connectivity index (χ3n) is 4.55. The highest BCUT2D eigenvalue weighted by Crippen LogP contribution is 2.11. The lowest BCUT2D eigenvalue weighted by Crippen LogP contribution is -2.39. The molecule has 0 aliphatic carbocycles. The summed E-state index contributed by atoms with van der Waals surface area (Å²) in [5, 5.41) is 6.53. The summed E-state index contributed by atoms with van der Waals surface area (Å²) >= 11 is 0. The van der Waals surface area contributed by atoms with E-state index in [9.17, 15) is 9.18 Å². The minimum atomic E-state index is -0.189. The van der Waals surface area contributed by atoms with Crippen LogP contribution in [0.5, 0.6) is 0 Å². The second-order valence-electron chi connectivity index (χ2n) is 6.75. The van der Waals surface area contributed by atoms with Gasteiger partial charge in [0.05, 0.1) is 6.54 Å². The van der Waals surface area contributed by atoms with Crippen molar-refractivity contribution in [2.45, 2.75) is 52.5 Å². The van der Waals surface area contributed by atoms with Gasteiger partial charge in [-0.3, -0.25) is 4.79 Å². The Hall–Kier alpha value is -2.11. The Morgan fingerprint density at radius 3 is 2.88 bits per heavy atom. The maximum absolute atomic E-state index is 13.3. The monoisotopic (exact) mass is 362 g/mol. The van der Waals surface area contributed by atoms with Gasteiger partial charge in [-0.2, -0.15) is 0 Å². The van der Waals surface area contributed by atoms with Crippen molar-refractivity contribution < 1.29 is 9.18 Å². The van der Waals surface area contributed by atoms with Crippen molar-refractivity contribution in [2.75, 3.05) is 26.2 Å². The van der Waals surface area contributed by atoms with Crippen molar-refractivity contribution in [1.82, 2.24) is 15.5 Å². The first-order valence-corrected chi connectivity index (χ1v) is 9.65. The van der Waals surface area contributed by atoms with Crippen molar-refractivity contribution in [2.24, 2.45) is 4.99 Å². The maximum Gasteiger partial charge on any atom is 0.222 e. The fraction of sp³-hybridized carbons (Fsp3) is 0.600. The number of carbonyl (C=O) groups is 1. The zero-order valence-electron chi connectivity index (χ0n) is 16.0. The first-order valence-electron chi connectivity index (χ1n) is 9.65. The number of rotatable bonds is 7. The second kappa shape index (κ2) is 10.8. The molecule has 6 heteroatoms.